The molecule has 2 aromatic carbocycles. The standard InChI is InChI=1S/C25H36ClN7O.C22H31ClN6O2/c1-6-7-20-23-24(32(4)30-20)25(27-15-17-8-9-21(34-5)19(26)14-17)29-22(28-23)16-33-12-10-18(11-13-33)31(2)3;1-5-7-17-20-21(28(3)27-17)22(26-19(25-20)14-29(6-2)10-11-30)24-13-15-8-9-18(31-4)16(23)12-15/h8-9,14,18H,6-7,10-13,15-16H2,1-5H3,(H,27,28,29);8-9,12,30H,5-7,10-11,13-14H2,1-4H3,(H,24,25,26). The SMILES string of the molecule is CCCc1nn(C)c2c(NCc3ccc(OC)c(Cl)c3)nc(CN(CC)CCO)nc12.CCCc1nn(C)c2c(NCc3ccc(OC)c(Cl)c3)nc(CN3CCC(N(C)C)CC3)nc12. The first-order chi connectivity index (χ1) is 31.4. The van der Waals surface area contributed by atoms with Crippen LogP contribution in [0.3, 0.4) is 0 Å². The minimum Gasteiger partial charge on any atom is -0.495 e. The molecule has 0 aliphatic carbocycles. The summed E-state index contributed by atoms with van der Waals surface area (Å²) in [5, 5.41) is 26.9. The van der Waals surface area contributed by atoms with Gasteiger partial charge >= 0.3 is 0 Å². The molecule has 1 aliphatic heterocycles. The molecule has 3 N–H and O–H groups in total. The van der Waals surface area contributed by atoms with Gasteiger partial charge in [0.2, 0.25) is 0 Å². The molecule has 1 fully saturated rings. The van der Waals surface area contributed by atoms with Crippen molar-refractivity contribution < 1.29 is 14.6 Å². The van der Waals surface area contributed by atoms with Crippen molar-refractivity contribution in [2.45, 2.75) is 91.5 Å². The summed E-state index contributed by atoms with van der Waals surface area (Å²) in [5.74, 6) is 4.43. The topological polar surface area (TPSA) is 160 Å². The van der Waals surface area contributed by atoms with Gasteiger partial charge in [0.1, 0.15) is 45.2 Å². The first-order valence-corrected chi connectivity index (χ1v) is 23.4. The fraction of sp³-hybridized carbons (Fsp3) is 0.532. The summed E-state index contributed by atoms with van der Waals surface area (Å²) in [5.41, 5.74) is 7.74. The van der Waals surface area contributed by atoms with Crippen molar-refractivity contribution in [3.63, 3.8) is 0 Å². The number of fused-ring (bicyclic) bond motifs is 2. The largest absolute Gasteiger partial charge is 0.495 e. The van der Waals surface area contributed by atoms with Crippen molar-refractivity contribution in [2.75, 3.05) is 71.7 Å². The Balaban J connectivity index is 0.000000216. The van der Waals surface area contributed by atoms with Gasteiger partial charge in [-0.1, -0.05) is 68.9 Å². The zero-order chi connectivity index (χ0) is 46.6. The summed E-state index contributed by atoms with van der Waals surface area (Å²) in [6, 6.07) is 12.2. The van der Waals surface area contributed by atoms with E-state index in [9.17, 15) is 5.11 Å². The summed E-state index contributed by atoms with van der Waals surface area (Å²) in [7, 11) is 11.4. The summed E-state index contributed by atoms with van der Waals surface area (Å²) in [6.45, 7) is 12.5. The van der Waals surface area contributed by atoms with Gasteiger partial charge in [0.25, 0.3) is 0 Å². The van der Waals surface area contributed by atoms with Crippen LogP contribution in [-0.2, 0) is 53.1 Å². The van der Waals surface area contributed by atoms with Crippen LogP contribution in [0.4, 0.5) is 11.6 Å². The second-order valence-electron chi connectivity index (χ2n) is 16.7. The van der Waals surface area contributed by atoms with Crippen molar-refractivity contribution in [3.05, 3.63) is 80.6 Å². The molecular weight excluding hydrogens is 866 g/mol. The van der Waals surface area contributed by atoms with Crippen LogP contribution in [0.25, 0.3) is 22.1 Å². The molecular formula is C47H67Cl2N13O3. The van der Waals surface area contributed by atoms with E-state index in [1.165, 1.54) is 12.8 Å². The fourth-order valence-corrected chi connectivity index (χ4v) is 8.83. The number of ether oxygens (including phenoxy) is 2. The van der Waals surface area contributed by atoms with Gasteiger partial charge in [-0.3, -0.25) is 19.2 Å². The van der Waals surface area contributed by atoms with Gasteiger partial charge in [-0.15, -0.1) is 0 Å². The molecule has 0 radical (unpaired) electrons. The normalized spacial score (nSPS) is 13.5. The number of aromatic nitrogens is 8. The zero-order valence-corrected chi connectivity index (χ0v) is 41.1. The Morgan fingerprint density at radius 2 is 1.23 bits per heavy atom. The molecule has 352 valence electrons. The molecule has 7 rings (SSSR count). The lowest BCUT2D eigenvalue weighted by molar-refractivity contribution is 0.138. The van der Waals surface area contributed by atoms with Gasteiger partial charge in [0, 0.05) is 52.9 Å². The van der Waals surface area contributed by atoms with Crippen LogP contribution in [0.5, 0.6) is 11.5 Å². The second-order valence-corrected chi connectivity index (χ2v) is 17.5. The quantitative estimate of drug-likeness (QED) is 0.0690. The molecule has 6 aromatic rings. The molecule has 0 amide bonds. The van der Waals surface area contributed by atoms with Crippen molar-refractivity contribution in [3.8, 4) is 11.5 Å². The molecule has 0 spiro atoms. The molecule has 5 heterocycles. The van der Waals surface area contributed by atoms with Crippen LogP contribution < -0.4 is 20.1 Å². The first-order valence-electron chi connectivity index (χ1n) is 22.7. The van der Waals surface area contributed by atoms with Gasteiger partial charge in [-0.05, 0) is 81.7 Å². The number of piperidine rings is 1. The average molecular weight is 933 g/mol. The number of hydrogen-bond donors (Lipinski definition) is 3. The number of aliphatic hydroxyl groups excluding tert-OH is 1. The molecule has 4 aromatic heterocycles. The predicted molar refractivity (Wildman–Crippen MR) is 261 cm³/mol. The van der Waals surface area contributed by atoms with E-state index in [1.54, 1.807) is 14.2 Å². The number of nitrogens with zero attached hydrogens (tertiary/aromatic N) is 11. The average Bonchev–Trinajstić information content (AvgIpc) is 3.79. The minimum atomic E-state index is 0.105. The number of nitrogens with one attached hydrogen (secondary N) is 2. The monoisotopic (exact) mass is 931 g/mol. The van der Waals surface area contributed by atoms with Crippen molar-refractivity contribution >= 4 is 56.9 Å². The molecule has 0 saturated carbocycles. The van der Waals surface area contributed by atoms with Crippen LogP contribution in [0, 0.1) is 0 Å². The number of rotatable bonds is 20. The Hall–Kier alpha value is -4.84. The van der Waals surface area contributed by atoms with Gasteiger partial charge in [-0.25, -0.2) is 19.9 Å². The van der Waals surface area contributed by atoms with E-state index in [2.05, 4.69) is 60.2 Å². The van der Waals surface area contributed by atoms with Crippen molar-refractivity contribution in [1.29, 1.82) is 0 Å². The molecule has 0 atom stereocenters. The highest BCUT2D eigenvalue weighted by molar-refractivity contribution is 6.32. The molecule has 0 unspecified atom stereocenters. The summed E-state index contributed by atoms with van der Waals surface area (Å²) in [4.78, 5) is 26.5. The Bertz CT molecular complexity index is 2490. The second kappa shape index (κ2) is 23.6. The van der Waals surface area contributed by atoms with E-state index in [1.807, 2.05) is 59.9 Å². The molecule has 65 heavy (non-hydrogen) atoms. The number of halogens is 2. The molecule has 1 aliphatic rings. The number of aliphatic hydroxyl groups is 1. The highest BCUT2D eigenvalue weighted by Gasteiger charge is 2.24. The van der Waals surface area contributed by atoms with E-state index in [-0.39, 0.29) is 6.61 Å². The maximum Gasteiger partial charge on any atom is 0.156 e. The number of hydrogen-bond acceptors (Lipinski definition) is 14. The van der Waals surface area contributed by atoms with Gasteiger partial charge < -0.3 is 30.1 Å². The molecule has 18 heteroatoms. The molecule has 16 nitrogen and oxygen atoms in total. The van der Waals surface area contributed by atoms with Crippen LogP contribution in [0.15, 0.2) is 36.4 Å². The predicted octanol–water partition coefficient (Wildman–Crippen LogP) is 7.52. The van der Waals surface area contributed by atoms with Crippen LogP contribution >= 0.6 is 23.2 Å². The Kier molecular flexibility index (Phi) is 18.0. The zero-order valence-electron chi connectivity index (χ0n) is 39.6. The highest BCUT2D eigenvalue weighted by atomic mass is 35.5. The molecule has 1 saturated heterocycles. The summed E-state index contributed by atoms with van der Waals surface area (Å²) in [6.07, 6.45) is 6.12. The number of methoxy groups -OCH3 is 2. The van der Waals surface area contributed by atoms with E-state index < -0.39 is 0 Å². The van der Waals surface area contributed by atoms with Crippen LogP contribution in [-0.4, -0.2) is 126 Å². The van der Waals surface area contributed by atoms with Crippen molar-refractivity contribution in [1.82, 2.24) is 54.2 Å². The Morgan fingerprint density at radius 1 is 0.738 bits per heavy atom. The highest BCUT2D eigenvalue weighted by Crippen LogP contribution is 2.30. The van der Waals surface area contributed by atoms with Gasteiger partial charge in [-0.2, -0.15) is 10.2 Å². The van der Waals surface area contributed by atoms with E-state index >= 15 is 0 Å². The van der Waals surface area contributed by atoms with Gasteiger partial charge in [0.05, 0.1) is 55.3 Å². The number of anilines is 2. The Morgan fingerprint density at radius 3 is 1.66 bits per heavy atom. The summed E-state index contributed by atoms with van der Waals surface area (Å²) < 4.78 is 14.3. The maximum absolute atomic E-state index is 9.33. The smallest absolute Gasteiger partial charge is 0.156 e. The first kappa shape index (κ1) is 49.6. The van der Waals surface area contributed by atoms with Crippen LogP contribution in [0.1, 0.15) is 80.6 Å². The van der Waals surface area contributed by atoms with Crippen molar-refractivity contribution in [2.24, 2.45) is 14.1 Å². The third kappa shape index (κ3) is 12.5. The minimum absolute atomic E-state index is 0.105. The van der Waals surface area contributed by atoms with E-state index in [0.29, 0.717) is 59.6 Å². The summed E-state index contributed by atoms with van der Waals surface area (Å²) >= 11 is 12.6. The maximum atomic E-state index is 9.33. The van der Waals surface area contributed by atoms with Crippen LogP contribution in [0.2, 0.25) is 10.0 Å². The number of likely N-dealkylation sites (tertiary alicyclic amines) is 1. The number of benzene rings is 2. The molecule has 0 bridgehead atoms. The lowest BCUT2D eigenvalue weighted by Crippen LogP contribution is -2.41. The number of likely N-dealkylation sites (N-methyl/N-ethyl adjacent to an activating group) is 1. The lowest BCUT2D eigenvalue weighted by Gasteiger charge is -2.34. The third-order valence-corrected chi connectivity index (χ3v) is 12.4. The number of aryl methyl sites for hydroxylation is 4. The van der Waals surface area contributed by atoms with Gasteiger partial charge in [0.15, 0.2) is 11.6 Å². The lowest BCUT2D eigenvalue weighted by atomic mass is 10.0. The fourth-order valence-electron chi connectivity index (χ4n) is 8.27. The van der Waals surface area contributed by atoms with E-state index in [4.69, 9.17) is 62.8 Å². The van der Waals surface area contributed by atoms with E-state index in [0.717, 1.165) is 114 Å². The third-order valence-electron chi connectivity index (χ3n) is 11.8. The Labute approximate surface area is 393 Å².